The summed E-state index contributed by atoms with van der Waals surface area (Å²) >= 11 is -0.989. The number of aromatic nitrogens is 4. The number of amides is 2. The highest BCUT2D eigenvalue weighted by Gasteiger charge is 2.34. The molecule has 0 unspecified atom stereocenters. The van der Waals surface area contributed by atoms with Gasteiger partial charge in [0.25, 0.3) is 11.1 Å². The van der Waals surface area contributed by atoms with E-state index in [0.29, 0.717) is 34.6 Å². The molecular formula is C74H80F8N8O4S2. The van der Waals surface area contributed by atoms with Crippen molar-refractivity contribution < 1.29 is 116 Å². The van der Waals surface area contributed by atoms with E-state index in [9.17, 15) is 55.7 Å². The molecule has 8 aromatic rings. The standard InChI is InChI=1S/2C37H40F4N4O2S/c2*1-4-43(5-2)19-20-44(22-26-9-13-28(14-10-26)29-15-18-32(25(3)21-29)37(39,40)41)34(46)23-45-33-8-6-7-31(33)35(47)42-36(45)48-24-27-11-16-30(38)17-12-27/h2*9-18,21H,4-8,19-20,22-24H2,1-3H3/i4D2,5D2,6D2,7D2,8D2,9D,10D,11D,12D,13D,14D,15D,16D,17D,18D,19D2,20D2,21D,23D2,24D2;4D2,5D2,9D,10D,11D,12D,13D,14D,15D,16D,17D,18D,19D2,20D2,21D,23D2,24D2. The van der Waals surface area contributed by atoms with Crippen LogP contribution < -0.4 is 11.1 Å². The molecule has 6 aromatic carbocycles. The first-order valence-electron chi connectivity index (χ1n) is 53.2. The van der Waals surface area contributed by atoms with Crippen LogP contribution in [0.5, 0.6) is 0 Å². The van der Waals surface area contributed by atoms with Gasteiger partial charge in [-0.25, -0.2) is 8.78 Å². The SMILES string of the molecule is [2H]c1c([2H])c(C([2H])([2H])Sc2nc(=O)c3c(n2C([2H])([2H])C(=O)N(Cc2c([2H])c([2H])c(-c4c([2H])c([2H])c(C(F)(F)F)c(C)c4[2H])c([2H])c2[2H])C([2H])([2H])C([2H])([2H])N(C([2H])([2H])C)C([2H])([2H])C)C([2H])([2H])C([2H])([2H])C3([2H])[2H])c([2H])c([2H])c1F.[2H]c1c([2H])c(C([2H])([2H])Sc2nc(=O)c3c(n2C([2H])([2H])C(=O)N(Cc2c([2H])c([2H])c(-c4c([2H])c([2H])c(C(F)(F)F)c(C)c4[2H])c([2H])c2[2H])C([2H])([2H])C([2H])([2H])N(C([2H])([2H])C)C([2H])([2H])C)CCC3)c([2H])c([2H])c1F. The van der Waals surface area contributed by atoms with Gasteiger partial charge >= 0.3 is 12.4 Å². The first kappa shape index (κ1) is 30.5. The van der Waals surface area contributed by atoms with Crippen LogP contribution in [0.15, 0.2) is 153 Å². The molecular weight excluding hydrogens is 1280 g/mol. The number of likely N-dealkylation sites (N-methyl/N-ethyl adjacent to an activating group) is 2. The largest absolute Gasteiger partial charge is 0.416 e. The summed E-state index contributed by atoms with van der Waals surface area (Å²) in [4.78, 5) is 63.2. The summed E-state index contributed by atoms with van der Waals surface area (Å²) in [5.74, 6) is -8.51. The van der Waals surface area contributed by atoms with E-state index in [1.165, 1.54) is 0 Å². The van der Waals surface area contributed by atoms with Crippen LogP contribution in [0.2, 0.25) is 0 Å². The zero-order valence-corrected chi connectivity index (χ0v) is 51.7. The van der Waals surface area contributed by atoms with Crippen molar-refractivity contribution in [1.29, 1.82) is 0 Å². The molecule has 2 aliphatic rings. The van der Waals surface area contributed by atoms with Gasteiger partial charge in [0, 0.05) is 103 Å². The maximum Gasteiger partial charge on any atom is 0.416 e. The average molecular weight is 1410 g/mol. The molecule has 22 heteroatoms. The van der Waals surface area contributed by atoms with E-state index in [0.717, 1.165) is 6.92 Å². The predicted molar refractivity (Wildman–Crippen MR) is 363 cm³/mol. The van der Waals surface area contributed by atoms with E-state index in [1.54, 1.807) is 0 Å². The number of fused-ring (bicyclic) bond motifs is 2. The van der Waals surface area contributed by atoms with Crippen LogP contribution in [0.3, 0.4) is 0 Å². The minimum atomic E-state index is -5.34. The van der Waals surface area contributed by atoms with Crippen LogP contribution in [-0.4, -0.2) is 102 Å². The molecule has 2 amide bonds. The van der Waals surface area contributed by atoms with Crippen LogP contribution in [0, 0.1) is 25.5 Å². The van der Waals surface area contributed by atoms with Crippen molar-refractivity contribution in [3.63, 3.8) is 0 Å². The van der Waals surface area contributed by atoms with Crippen molar-refractivity contribution in [1.82, 2.24) is 38.7 Å². The van der Waals surface area contributed by atoms with E-state index < -0.39 is 413 Å². The second-order valence-electron chi connectivity index (χ2n) is 19.0. The average Bonchev–Trinajstić information content (AvgIpc) is 1.51. The fraction of sp³-hybridized carbons (Fsp3) is 0.378. The lowest BCUT2D eigenvalue weighted by Crippen LogP contribution is -2.40. The topological polar surface area (TPSA) is 117 Å². The number of carbonyl (C=O) groups excluding carboxylic acids is 2. The minimum absolute atomic E-state index is 0.0441. The maximum atomic E-state index is 15.5. The van der Waals surface area contributed by atoms with Crippen molar-refractivity contribution in [3.05, 3.63) is 232 Å². The molecule has 0 spiro atoms. The third kappa shape index (κ3) is 18.8. The van der Waals surface area contributed by atoms with E-state index in [-0.39, 0.29) is 46.1 Å². The lowest BCUT2D eigenvalue weighted by atomic mass is 9.98. The molecule has 2 aromatic heterocycles. The molecule has 0 saturated carbocycles. The normalized spacial score (nSPS) is 24.0. The lowest BCUT2D eigenvalue weighted by Gasteiger charge is -2.28. The van der Waals surface area contributed by atoms with Gasteiger partial charge in [-0.05, 0) is 170 Å². The molecule has 0 fully saturated rings. The van der Waals surface area contributed by atoms with E-state index in [1.807, 2.05) is 0 Å². The number of hydrogen-bond acceptors (Lipinski definition) is 10. The van der Waals surface area contributed by atoms with Crippen LogP contribution in [0.25, 0.3) is 22.3 Å². The van der Waals surface area contributed by atoms with Crippen LogP contribution >= 0.6 is 23.5 Å². The Kier molecular flexibility index (Phi) is 10.4. The fourth-order valence-corrected chi connectivity index (χ4v) is 9.50. The summed E-state index contributed by atoms with van der Waals surface area (Å²) in [6.07, 6.45) is -23.1. The Morgan fingerprint density at radius 1 is 0.521 bits per heavy atom. The number of hydrogen-bond donors (Lipinski definition) is 0. The third-order valence-corrected chi connectivity index (χ3v) is 14.2. The van der Waals surface area contributed by atoms with Gasteiger partial charge < -0.3 is 28.7 Å². The highest BCUT2D eigenvalue weighted by molar-refractivity contribution is 7.98. The Morgan fingerprint density at radius 2 is 0.906 bits per heavy atom. The Bertz CT molecular complexity index is 6760. The summed E-state index contributed by atoms with van der Waals surface area (Å²) in [6, 6.07) is -30.4. The monoisotopic (exact) mass is 1410 g/mol. The van der Waals surface area contributed by atoms with E-state index in [2.05, 4.69) is 9.97 Å². The van der Waals surface area contributed by atoms with Crippen LogP contribution in [-0.2, 0) is 85.0 Å². The van der Waals surface area contributed by atoms with Gasteiger partial charge in [0.15, 0.2) is 10.3 Å². The van der Waals surface area contributed by atoms with Crippen molar-refractivity contribution in [2.24, 2.45) is 0 Å². The Morgan fingerprint density at radius 3 is 1.31 bits per heavy atom. The zero-order valence-electron chi connectivity index (χ0n) is 102. The molecule has 12 nitrogen and oxygen atoms in total. The number of rotatable bonds is 26. The van der Waals surface area contributed by atoms with Gasteiger partial charge in [-0.3, -0.25) is 19.2 Å². The third-order valence-electron chi connectivity index (χ3n) is 12.7. The van der Waals surface area contributed by atoms with Crippen LogP contribution in [0.4, 0.5) is 35.1 Å². The summed E-state index contributed by atoms with van der Waals surface area (Å²) in [7, 11) is 0. The van der Waals surface area contributed by atoms with Crippen molar-refractivity contribution >= 4 is 35.3 Å². The van der Waals surface area contributed by atoms with Gasteiger partial charge in [0.2, 0.25) is 11.8 Å². The minimum Gasteiger partial charge on any atom is -0.336 e. The number of carbonyl (C=O) groups is 2. The van der Waals surface area contributed by atoms with Crippen molar-refractivity contribution in [2.75, 3.05) is 52.0 Å². The molecule has 0 bridgehead atoms. The Balaban J connectivity index is 0.000000330. The first-order valence-corrected chi connectivity index (χ1v) is 28.8. The van der Waals surface area contributed by atoms with Gasteiger partial charge in [0.05, 0.1) is 52.2 Å². The molecule has 10 rings (SSSR count). The van der Waals surface area contributed by atoms with E-state index >= 15 is 9.59 Å². The fourth-order valence-electron chi connectivity index (χ4n) is 8.18. The zero-order chi connectivity index (χ0) is 115. The summed E-state index contributed by atoms with van der Waals surface area (Å²) < 4.78 is 562. The molecule has 508 valence electrons. The van der Waals surface area contributed by atoms with Crippen molar-refractivity contribution in [3.8, 4) is 22.3 Å². The number of alkyl halides is 6. The van der Waals surface area contributed by atoms with E-state index in [4.69, 9.17) is 60.3 Å². The summed E-state index contributed by atoms with van der Waals surface area (Å²) in [5.41, 5.74) is -29.2. The van der Waals surface area contributed by atoms with Gasteiger partial charge in [0.1, 0.15) is 24.6 Å². The smallest absolute Gasteiger partial charge is 0.336 e. The number of halogens is 8. The Labute approximate surface area is 636 Å². The van der Waals surface area contributed by atoms with Crippen molar-refractivity contribution in [2.45, 2.75) is 140 Å². The first-order chi connectivity index (χ1) is 66.1. The number of thioether (sulfide) groups is 2. The Hall–Kier alpha value is -7.92. The molecule has 2 aliphatic carbocycles. The molecule has 2 heterocycles. The lowest BCUT2D eigenvalue weighted by molar-refractivity contribution is -0.138. The molecule has 0 saturated heterocycles. The summed E-state index contributed by atoms with van der Waals surface area (Å²) in [6.45, 7) is -39.5. The highest BCUT2D eigenvalue weighted by Crippen LogP contribution is 2.37. The van der Waals surface area contributed by atoms with Gasteiger partial charge in [-0.15, -0.1) is 0 Å². The molecule has 0 atom stereocenters. The quantitative estimate of drug-likeness (QED) is 0.0295. The second kappa shape index (κ2) is 32.9. The molecule has 0 radical (unpaired) electrons. The van der Waals surface area contributed by atoms with Gasteiger partial charge in [-0.1, -0.05) is 148 Å². The molecule has 0 aliphatic heterocycles. The second-order valence-corrected chi connectivity index (χ2v) is 20.5. The number of benzene rings is 6. The molecule has 0 N–H and O–H groups in total. The molecule has 96 heavy (non-hydrogen) atoms. The van der Waals surface area contributed by atoms with Crippen LogP contribution in [0.1, 0.15) is 179 Å². The summed E-state index contributed by atoms with van der Waals surface area (Å²) in [5, 5.41) is -2.84. The highest BCUT2D eigenvalue weighted by atomic mass is 32.2. The predicted octanol–water partition coefficient (Wildman–Crippen LogP) is 15.1. The maximum absolute atomic E-state index is 15.5. The number of nitrogens with zero attached hydrogens (tertiary/aromatic N) is 8. The van der Waals surface area contributed by atoms with Gasteiger partial charge in [-0.2, -0.15) is 36.3 Å².